The van der Waals surface area contributed by atoms with Crippen molar-refractivity contribution < 1.29 is 14.3 Å². The average Bonchev–Trinajstić information content (AvgIpc) is 3.32. The van der Waals surface area contributed by atoms with Gasteiger partial charge in [-0.25, -0.2) is 4.98 Å². The lowest BCUT2D eigenvalue weighted by atomic mass is 9.96. The van der Waals surface area contributed by atoms with Crippen molar-refractivity contribution in [3.63, 3.8) is 0 Å². The van der Waals surface area contributed by atoms with Crippen molar-refractivity contribution in [2.75, 3.05) is 19.7 Å². The second-order valence-electron chi connectivity index (χ2n) is 9.85. The van der Waals surface area contributed by atoms with Crippen LogP contribution in [0, 0.1) is 5.92 Å². The van der Waals surface area contributed by atoms with Crippen LogP contribution in [0.3, 0.4) is 0 Å². The number of rotatable bonds is 8. The molecular formula is C32H31N3O3. The minimum atomic E-state index is 0.0432. The SMILES string of the molecule is O=C(COc1ccc2ccccc2c1)N1CCC(Cn2c(COc3ccccc3)nc3ccccc32)CC1. The second-order valence-corrected chi connectivity index (χ2v) is 9.85. The molecule has 0 aliphatic carbocycles. The topological polar surface area (TPSA) is 56.6 Å². The average molecular weight is 506 g/mol. The maximum absolute atomic E-state index is 12.9. The number of carbonyl (C=O) groups excluding carboxylic acids is 1. The summed E-state index contributed by atoms with van der Waals surface area (Å²) in [4.78, 5) is 19.7. The Morgan fingerprint density at radius 2 is 1.53 bits per heavy atom. The van der Waals surface area contributed by atoms with E-state index >= 15 is 0 Å². The fraction of sp³-hybridized carbons (Fsp3) is 0.250. The minimum absolute atomic E-state index is 0.0432. The molecule has 1 aromatic heterocycles. The monoisotopic (exact) mass is 505 g/mol. The van der Waals surface area contributed by atoms with Crippen molar-refractivity contribution in [3.05, 3.63) is 103 Å². The number of ether oxygens (including phenoxy) is 2. The highest BCUT2D eigenvalue weighted by Gasteiger charge is 2.25. The van der Waals surface area contributed by atoms with Crippen molar-refractivity contribution in [2.45, 2.75) is 26.0 Å². The molecule has 1 aliphatic rings. The molecule has 0 spiro atoms. The van der Waals surface area contributed by atoms with E-state index in [0.29, 0.717) is 12.5 Å². The van der Waals surface area contributed by atoms with E-state index in [1.54, 1.807) is 0 Å². The molecule has 1 amide bonds. The van der Waals surface area contributed by atoms with Crippen LogP contribution in [0.4, 0.5) is 0 Å². The standard InChI is InChI=1S/C32H31N3O3/c36-32(23-38-28-15-14-25-8-4-5-9-26(25)20-28)34-18-16-24(17-19-34)21-35-30-13-7-6-12-29(30)33-31(35)22-37-27-10-2-1-3-11-27/h1-15,20,24H,16-19,21-23H2. The molecule has 6 rings (SSSR count). The van der Waals surface area contributed by atoms with E-state index in [2.05, 4.69) is 34.9 Å². The predicted molar refractivity (Wildman–Crippen MR) is 149 cm³/mol. The van der Waals surface area contributed by atoms with Crippen LogP contribution in [-0.2, 0) is 17.9 Å². The summed E-state index contributed by atoms with van der Waals surface area (Å²) < 4.78 is 14.2. The Bertz CT molecular complexity index is 1540. The van der Waals surface area contributed by atoms with Gasteiger partial charge in [0, 0.05) is 19.6 Å². The van der Waals surface area contributed by atoms with Crippen LogP contribution >= 0.6 is 0 Å². The molecule has 192 valence electrons. The molecule has 0 N–H and O–H groups in total. The molecule has 38 heavy (non-hydrogen) atoms. The summed E-state index contributed by atoms with van der Waals surface area (Å²) >= 11 is 0. The van der Waals surface area contributed by atoms with Gasteiger partial charge in [-0.05, 0) is 65.9 Å². The number of carbonyl (C=O) groups is 1. The molecule has 0 radical (unpaired) electrons. The van der Waals surface area contributed by atoms with Crippen molar-refractivity contribution in [1.29, 1.82) is 0 Å². The van der Waals surface area contributed by atoms with Crippen molar-refractivity contribution >= 4 is 27.7 Å². The number of hydrogen-bond acceptors (Lipinski definition) is 4. The smallest absolute Gasteiger partial charge is 0.260 e. The molecule has 1 fully saturated rings. The number of likely N-dealkylation sites (tertiary alicyclic amines) is 1. The fourth-order valence-electron chi connectivity index (χ4n) is 5.22. The summed E-state index contributed by atoms with van der Waals surface area (Å²) in [5.41, 5.74) is 2.11. The molecule has 6 heteroatoms. The van der Waals surface area contributed by atoms with Gasteiger partial charge in [0.1, 0.15) is 23.9 Å². The summed E-state index contributed by atoms with van der Waals surface area (Å²) in [6.45, 7) is 2.84. The second kappa shape index (κ2) is 11.0. The van der Waals surface area contributed by atoms with Crippen LogP contribution in [0.15, 0.2) is 97.1 Å². The Labute approximate surface area is 222 Å². The van der Waals surface area contributed by atoms with Crippen molar-refractivity contribution in [2.24, 2.45) is 5.92 Å². The molecule has 5 aromatic rings. The lowest BCUT2D eigenvalue weighted by molar-refractivity contribution is -0.134. The van der Waals surface area contributed by atoms with Crippen LogP contribution < -0.4 is 9.47 Å². The first-order valence-corrected chi connectivity index (χ1v) is 13.2. The normalized spacial score (nSPS) is 14.2. The van der Waals surface area contributed by atoms with Gasteiger partial charge in [-0.15, -0.1) is 0 Å². The number of imidazole rings is 1. The predicted octanol–water partition coefficient (Wildman–Crippen LogP) is 6.09. The quantitative estimate of drug-likeness (QED) is 0.256. The minimum Gasteiger partial charge on any atom is -0.486 e. The zero-order chi connectivity index (χ0) is 25.7. The molecule has 1 saturated heterocycles. The van der Waals surface area contributed by atoms with E-state index in [1.165, 1.54) is 0 Å². The highest BCUT2D eigenvalue weighted by atomic mass is 16.5. The summed E-state index contributed by atoms with van der Waals surface area (Å²) in [6, 6.07) is 32.2. The molecule has 0 unspecified atom stereocenters. The molecular weight excluding hydrogens is 474 g/mol. The van der Waals surface area contributed by atoms with Crippen LogP contribution in [0.5, 0.6) is 11.5 Å². The molecule has 0 saturated carbocycles. The molecule has 0 atom stereocenters. The van der Waals surface area contributed by atoms with Crippen LogP contribution in [0.1, 0.15) is 18.7 Å². The number of nitrogens with zero attached hydrogens (tertiary/aromatic N) is 3. The molecule has 1 aliphatic heterocycles. The first-order chi connectivity index (χ1) is 18.7. The summed E-state index contributed by atoms with van der Waals surface area (Å²) in [5.74, 6) is 3.00. The first-order valence-electron chi connectivity index (χ1n) is 13.2. The fourth-order valence-corrected chi connectivity index (χ4v) is 5.22. The summed E-state index contributed by atoms with van der Waals surface area (Å²) in [7, 11) is 0. The molecule has 6 nitrogen and oxygen atoms in total. The summed E-state index contributed by atoms with van der Waals surface area (Å²) in [6.07, 6.45) is 1.90. The van der Waals surface area contributed by atoms with Gasteiger partial charge >= 0.3 is 0 Å². The molecule has 4 aromatic carbocycles. The van der Waals surface area contributed by atoms with Gasteiger partial charge < -0.3 is 18.9 Å². The summed E-state index contributed by atoms with van der Waals surface area (Å²) in [5, 5.41) is 2.27. The maximum atomic E-state index is 12.9. The van der Waals surface area contributed by atoms with Crippen LogP contribution in [-0.4, -0.2) is 40.1 Å². The lowest BCUT2D eigenvalue weighted by Gasteiger charge is -2.32. The zero-order valence-electron chi connectivity index (χ0n) is 21.3. The Hall–Kier alpha value is -4.32. The van der Waals surface area contributed by atoms with E-state index in [0.717, 1.165) is 71.6 Å². The van der Waals surface area contributed by atoms with Gasteiger partial charge in [0.05, 0.1) is 11.0 Å². The number of amides is 1. The van der Waals surface area contributed by atoms with E-state index < -0.39 is 0 Å². The van der Waals surface area contributed by atoms with E-state index in [9.17, 15) is 4.79 Å². The third-order valence-corrected chi connectivity index (χ3v) is 7.34. The Kier molecular flexibility index (Phi) is 6.94. The van der Waals surface area contributed by atoms with Crippen LogP contribution in [0.25, 0.3) is 21.8 Å². The molecule has 2 heterocycles. The van der Waals surface area contributed by atoms with Gasteiger partial charge in [0.25, 0.3) is 5.91 Å². The zero-order valence-corrected chi connectivity index (χ0v) is 21.3. The third-order valence-electron chi connectivity index (χ3n) is 7.34. The third kappa shape index (κ3) is 5.35. The highest BCUT2D eigenvalue weighted by molar-refractivity contribution is 5.84. The van der Waals surface area contributed by atoms with Crippen molar-refractivity contribution in [1.82, 2.24) is 14.5 Å². The van der Waals surface area contributed by atoms with E-state index in [4.69, 9.17) is 14.5 Å². The van der Waals surface area contributed by atoms with Gasteiger partial charge in [0.15, 0.2) is 6.61 Å². The number of piperidine rings is 1. The number of hydrogen-bond donors (Lipinski definition) is 0. The van der Waals surface area contributed by atoms with E-state index in [-0.39, 0.29) is 12.5 Å². The largest absolute Gasteiger partial charge is 0.486 e. The van der Waals surface area contributed by atoms with Gasteiger partial charge in [-0.1, -0.05) is 60.7 Å². The Balaban J connectivity index is 1.06. The van der Waals surface area contributed by atoms with Crippen LogP contribution in [0.2, 0.25) is 0 Å². The Morgan fingerprint density at radius 3 is 2.37 bits per heavy atom. The van der Waals surface area contributed by atoms with E-state index in [1.807, 2.05) is 71.6 Å². The highest BCUT2D eigenvalue weighted by Crippen LogP contribution is 2.25. The van der Waals surface area contributed by atoms with Gasteiger partial charge in [-0.3, -0.25) is 4.79 Å². The molecule has 0 bridgehead atoms. The number of para-hydroxylation sites is 3. The number of aromatic nitrogens is 2. The Morgan fingerprint density at radius 1 is 0.789 bits per heavy atom. The number of benzene rings is 4. The maximum Gasteiger partial charge on any atom is 0.260 e. The van der Waals surface area contributed by atoms with Gasteiger partial charge in [0.2, 0.25) is 0 Å². The van der Waals surface area contributed by atoms with Crippen molar-refractivity contribution in [3.8, 4) is 11.5 Å². The number of fused-ring (bicyclic) bond motifs is 2. The van der Waals surface area contributed by atoms with Gasteiger partial charge in [-0.2, -0.15) is 0 Å². The lowest BCUT2D eigenvalue weighted by Crippen LogP contribution is -2.41. The first kappa shape index (κ1) is 24.0.